The first-order valence-corrected chi connectivity index (χ1v) is 9.53. The van der Waals surface area contributed by atoms with Gasteiger partial charge in [-0.25, -0.2) is 4.31 Å². The summed E-state index contributed by atoms with van der Waals surface area (Å²) >= 11 is 0. The number of para-hydroxylation sites is 3. The molecule has 0 aliphatic rings. The van der Waals surface area contributed by atoms with Crippen molar-refractivity contribution in [3.8, 4) is 5.75 Å². The lowest BCUT2D eigenvalue weighted by Crippen LogP contribution is -2.44. The van der Waals surface area contributed by atoms with E-state index < -0.39 is 16.1 Å². The fraction of sp³-hybridized carbons (Fsp3) is 0.278. The maximum absolute atomic E-state index is 12.6. The third-order valence-electron chi connectivity index (χ3n) is 3.53. The number of hydrogen-bond donors (Lipinski definition) is 1. The number of nitrogens with one attached hydrogen (secondary N) is 1. The van der Waals surface area contributed by atoms with E-state index in [4.69, 9.17) is 4.74 Å². The van der Waals surface area contributed by atoms with Gasteiger partial charge >= 0.3 is 10.2 Å². The maximum atomic E-state index is 12.6. The number of anilines is 2. The minimum absolute atomic E-state index is 0.356. The van der Waals surface area contributed by atoms with Crippen molar-refractivity contribution < 1.29 is 17.9 Å². The highest BCUT2D eigenvalue weighted by Crippen LogP contribution is 2.24. The Hall–Kier alpha value is -2.58. The molecule has 0 fully saturated rings. The van der Waals surface area contributed by atoms with Crippen molar-refractivity contribution in [2.24, 2.45) is 0 Å². The first-order chi connectivity index (χ1) is 12.4. The van der Waals surface area contributed by atoms with E-state index in [9.17, 15) is 13.2 Å². The number of carbonyl (C=O) groups excluding carboxylic acids is 1. The normalized spacial score (nSPS) is 11.2. The molecule has 26 heavy (non-hydrogen) atoms. The van der Waals surface area contributed by atoms with Crippen molar-refractivity contribution in [3.05, 3.63) is 54.6 Å². The minimum Gasteiger partial charge on any atom is -0.492 e. The van der Waals surface area contributed by atoms with E-state index in [0.717, 1.165) is 8.61 Å². The number of rotatable bonds is 8. The molecule has 8 heteroatoms. The molecule has 0 aliphatic heterocycles. The van der Waals surface area contributed by atoms with Crippen molar-refractivity contribution in [1.29, 1.82) is 0 Å². The molecular formula is C18H23N3O4S. The van der Waals surface area contributed by atoms with E-state index in [2.05, 4.69) is 5.32 Å². The van der Waals surface area contributed by atoms with Crippen LogP contribution in [0, 0.1) is 0 Å². The predicted octanol–water partition coefficient (Wildman–Crippen LogP) is 2.34. The quantitative estimate of drug-likeness (QED) is 0.766. The summed E-state index contributed by atoms with van der Waals surface area (Å²) in [7, 11) is -0.977. The van der Waals surface area contributed by atoms with Crippen LogP contribution in [0.3, 0.4) is 0 Å². The Morgan fingerprint density at radius 2 is 1.65 bits per heavy atom. The second kappa shape index (κ2) is 8.68. The predicted molar refractivity (Wildman–Crippen MR) is 103 cm³/mol. The lowest BCUT2D eigenvalue weighted by molar-refractivity contribution is -0.114. The Morgan fingerprint density at radius 1 is 1.04 bits per heavy atom. The lowest BCUT2D eigenvalue weighted by Gasteiger charge is -2.27. The van der Waals surface area contributed by atoms with E-state index in [1.54, 1.807) is 54.6 Å². The molecule has 0 radical (unpaired) electrons. The fourth-order valence-corrected chi connectivity index (χ4v) is 3.33. The zero-order chi connectivity index (χ0) is 19.2. The van der Waals surface area contributed by atoms with Gasteiger partial charge in [0.05, 0.1) is 18.0 Å². The Labute approximate surface area is 154 Å². The molecule has 0 spiro atoms. The fourth-order valence-electron chi connectivity index (χ4n) is 2.27. The monoisotopic (exact) mass is 377 g/mol. The Bertz CT molecular complexity index is 839. The van der Waals surface area contributed by atoms with Crippen LogP contribution in [0.1, 0.15) is 6.92 Å². The SMILES string of the molecule is CCOc1ccccc1NC(=O)CN(c1ccccc1)S(=O)(=O)N(C)C. The van der Waals surface area contributed by atoms with Crippen molar-refractivity contribution in [2.75, 3.05) is 36.9 Å². The second-order valence-electron chi connectivity index (χ2n) is 5.61. The lowest BCUT2D eigenvalue weighted by atomic mass is 10.3. The molecule has 0 aliphatic carbocycles. The van der Waals surface area contributed by atoms with Crippen LogP contribution in [0.5, 0.6) is 5.75 Å². The van der Waals surface area contributed by atoms with Crippen molar-refractivity contribution in [2.45, 2.75) is 6.92 Å². The molecule has 0 bridgehead atoms. The summed E-state index contributed by atoms with van der Waals surface area (Å²) in [5.74, 6) is 0.0662. The van der Waals surface area contributed by atoms with Crippen LogP contribution < -0.4 is 14.4 Å². The molecule has 1 amide bonds. The second-order valence-corrected chi connectivity index (χ2v) is 7.68. The van der Waals surface area contributed by atoms with Crippen molar-refractivity contribution in [1.82, 2.24) is 4.31 Å². The third-order valence-corrected chi connectivity index (χ3v) is 5.35. The van der Waals surface area contributed by atoms with E-state index in [1.165, 1.54) is 14.1 Å². The number of benzene rings is 2. The van der Waals surface area contributed by atoms with Crippen LogP contribution >= 0.6 is 0 Å². The molecule has 140 valence electrons. The molecule has 2 aromatic carbocycles. The van der Waals surface area contributed by atoms with Gasteiger partial charge in [-0.2, -0.15) is 12.7 Å². The summed E-state index contributed by atoms with van der Waals surface area (Å²) in [6, 6.07) is 15.5. The van der Waals surface area contributed by atoms with Crippen molar-refractivity contribution >= 4 is 27.5 Å². The smallest absolute Gasteiger partial charge is 0.304 e. The zero-order valence-electron chi connectivity index (χ0n) is 15.0. The number of hydrogen-bond acceptors (Lipinski definition) is 4. The van der Waals surface area contributed by atoms with Gasteiger partial charge in [0.25, 0.3) is 0 Å². The summed E-state index contributed by atoms with van der Waals surface area (Å²) in [5.41, 5.74) is 0.907. The first kappa shape index (κ1) is 19.7. The number of carbonyl (C=O) groups is 1. The molecular weight excluding hydrogens is 354 g/mol. The average Bonchev–Trinajstić information content (AvgIpc) is 2.62. The summed E-state index contributed by atoms with van der Waals surface area (Å²) in [6.45, 7) is 1.95. The molecule has 0 saturated carbocycles. The first-order valence-electron chi connectivity index (χ1n) is 8.13. The highest BCUT2D eigenvalue weighted by molar-refractivity contribution is 7.90. The van der Waals surface area contributed by atoms with E-state index in [-0.39, 0.29) is 6.54 Å². The summed E-state index contributed by atoms with van der Waals surface area (Å²) in [6.07, 6.45) is 0. The van der Waals surface area contributed by atoms with Gasteiger partial charge in [-0.1, -0.05) is 30.3 Å². The highest BCUT2D eigenvalue weighted by atomic mass is 32.2. The van der Waals surface area contributed by atoms with Gasteiger partial charge in [-0.05, 0) is 31.2 Å². The van der Waals surface area contributed by atoms with E-state index in [1.807, 2.05) is 6.92 Å². The Morgan fingerprint density at radius 3 is 2.27 bits per heavy atom. The number of ether oxygens (including phenoxy) is 1. The summed E-state index contributed by atoms with van der Waals surface area (Å²) in [5, 5.41) is 2.72. The molecule has 0 atom stereocenters. The Kier molecular flexibility index (Phi) is 6.59. The van der Waals surface area contributed by atoms with Crippen LogP contribution in [0.2, 0.25) is 0 Å². The van der Waals surface area contributed by atoms with Gasteiger partial charge < -0.3 is 10.1 Å². The van der Waals surface area contributed by atoms with Gasteiger partial charge in [0.2, 0.25) is 5.91 Å². The molecule has 1 N–H and O–H groups in total. The average molecular weight is 377 g/mol. The van der Waals surface area contributed by atoms with Gasteiger partial charge in [0, 0.05) is 14.1 Å². The van der Waals surface area contributed by atoms with Crippen LogP contribution in [0.15, 0.2) is 54.6 Å². The van der Waals surface area contributed by atoms with Crippen LogP contribution in [0.4, 0.5) is 11.4 Å². The van der Waals surface area contributed by atoms with E-state index >= 15 is 0 Å². The topological polar surface area (TPSA) is 79.0 Å². The summed E-state index contributed by atoms with van der Waals surface area (Å²) in [4.78, 5) is 12.5. The highest BCUT2D eigenvalue weighted by Gasteiger charge is 2.27. The largest absolute Gasteiger partial charge is 0.492 e. The van der Waals surface area contributed by atoms with Crippen molar-refractivity contribution in [3.63, 3.8) is 0 Å². The van der Waals surface area contributed by atoms with Crippen LogP contribution in [-0.2, 0) is 15.0 Å². The van der Waals surface area contributed by atoms with Gasteiger partial charge in [0.1, 0.15) is 12.3 Å². The molecule has 0 saturated heterocycles. The third kappa shape index (κ3) is 4.74. The van der Waals surface area contributed by atoms with Gasteiger partial charge in [-0.3, -0.25) is 4.79 Å². The Balaban J connectivity index is 2.25. The molecule has 7 nitrogen and oxygen atoms in total. The van der Waals surface area contributed by atoms with E-state index in [0.29, 0.717) is 23.7 Å². The van der Waals surface area contributed by atoms with Gasteiger partial charge in [-0.15, -0.1) is 0 Å². The standard InChI is InChI=1S/C18H23N3O4S/c1-4-25-17-13-9-8-12-16(17)19-18(22)14-21(26(23,24)20(2)3)15-10-6-5-7-11-15/h5-13H,4,14H2,1-3H3,(H,19,22). The van der Waals surface area contributed by atoms with Crippen LogP contribution in [-0.4, -0.2) is 45.9 Å². The molecule has 0 aromatic heterocycles. The van der Waals surface area contributed by atoms with Crippen LogP contribution in [0.25, 0.3) is 0 Å². The zero-order valence-corrected chi connectivity index (χ0v) is 15.9. The molecule has 2 rings (SSSR count). The van der Waals surface area contributed by atoms with Gasteiger partial charge in [0.15, 0.2) is 0 Å². The molecule has 0 heterocycles. The molecule has 0 unspecified atom stereocenters. The maximum Gasteiger partial charge on any atom is 0.304 e. The minimum atomic E-state index is -3.83. The number of amides is 1. The summed E-state index contributed by atoms with van der Waals surface area (Å²) < 4.78 is 32.9. The molecule has 2 aromatic rings. The number of nitrogens with zero attached hydrogens (tertiary/aromatic N) is 2.